The summed E-state index contributed by atoms with van der Waals surface area (Å²) < 4.78 is 45.2. The molecule has 9 heteroatoms. The first kappa shape index (κ1) is 18.2. The van der Waals surface area contributed by atoms with Crippen LogP contribution in [0.2, 0.25) is 0 Å². The molecule has 3 rings (SSSR count). The molecule has 138 valence electrons. The number of halogens is 3. The van der Waals surface area contributed by atoms with E-state index in [-0.39, 0.29) is 17.2 Å². The van der Waals surface area contributed by atoms with Crippen LogP contribution < -0.4 is 15.4 Å². The summed E-state index contributed by atoms with van der Waals surface area (Å²) in [6, 6.07) is 9.82. The van der Waals surface area contributed by atoms with E-state index in [0.717, 1.165) is 18.5 Å². The molecule has 6 nitrogen and oxygen atoms in total. The average molecular weight is 374 g/mol. The van der Waals surface area contributed by atoms with Gasteiger partial charge in [0.15, 0.2) is 17.5 Å². The topological polar surface area (TPSA) is 76.1 Å². The highest BCUT2D eigenvalue weighted by Crippen LogP contribution is 2.25. The molecular weight excluding hydrogens is 361 g/mol. The number of amides is 1. The monoisotopic (exact) mass is 374 g/mol. The van der Waals surface area contributed by atoms with E-state index in [9.17, 15) is 18.0 Å². The second-order valence-corrected chi connectivity index (χ2v) is 5.29. The van der Waals surface area contributed by atoms with Gasteiger partial charge >= 0.3 is 0 Å². The highest BCUT2D eigenvalue weighted by molar-refractivity contribution is 6.04. The van der Waals surface area contributed by atoms with Crippen LogP contribution in [0.4, 0.5) is 30.4 Å². The number of nitrogens with zero attached hydrogens (tertiary/aromatic N) is 2. The Hall–Kier alpha value is -3.62. The van der Waals surface area contributed by atoms with Gasteiger partial charge in [0, 0.05) is 6.07 Å². The number of carbonyl (C=O) groups excluding carboxylic acids is 1. The van der Waals surface area contributed by atoms with E-state index in [0.29, 0.717) is 11.4 Å². The second kappa shape index (κ2) is 7.73. The van der Waals surface area contributed by atoms with E-state index < -0.39 is 23.4 Å². The minimum atomic E-state index is -1.61. The predicted molar refractivity (Wildman–Crippen MR) is 92.6 cm³/mol. The molecule has 1 aromatic heterocycles. The standard InChI is InChI=1S/C18H13F3N4O2/c1-27-14-5-3-2-4-11(14)25-18(26)13-8-15(23-9-22-13)24-12-7-6-10(19)16(20)17(12)21/h2-9H,1H3,(H,25,26)(H,22,23,24). The molecule has 0 radical (unpaired) electrons. The summed E-state index contributed by atoms with van der Waals surface area (Å²) in [6.45, 7) is 0. The lowest BCUT2D eigenvalue weighted by Crippen LogP contribution is -2.15. The van der Waals surface area contributed by atoms with Gasteiger partial charge in [-0.2, -0.15) is 0 Å². The maximum Gasteiger partial charge on any atom is 0.274 e. The number of rotatable bonds is 5. The number of nitrogens with one attached hydrogen (secondary N) is 2. The lowest BCUT2D eigenvalue weighted by atomic mass is 10.2. The zero-order chi connectivity index (χ0) is 19.4. The zero-order valence-electron chi connectivity index (χ0n) is 14.0. The van der Waals surface area contributed by atoms with Crippen molar-refractivity contribution in [2.24, 2.45) is 0 Å². The van der Waals surface area contributed by atoms with Gasteiger partial charge in [-0.25, -0.2) is 23.1 Å². The molecule has 2 aromatic carbocycles. The van der Waals surface area contributed by atoms with Crippen molar-refractivity contribution in [3.8, 4) is 5.75 Å². The molecule has 0 aliphatic rings. The van der Waals surface area contributed by atoms with Gasteiger partial charge in [-0.3, -0.25) is 4.79 Å². The molecule has 2 N–H and O–H groups in total. The van der Waals surface area contributed by atoms with E-state index in [1.165, 1.54) is 13.2 Å². The summed E-state index contributed by atoms with van der Waals surface area (Å²) in [5, 5.41) is 5.12. The highest BCUT2D eigenvalue weighted by Gasteiger charge is 2.15. The number of carbonyl (C=O) groups is 1. The third-order valence-electron chi connectivity index (χ3n) is 3.55. The lowest BCUT2D eigenvalue weighted by molar-refractivity contribution is 0.102. The summed E-state index contributed by atoms with van der Waals surface area (Å²) in [4.78, 5) is 20.1. The van der Waals surface area contributed by atoms with Crippen LogP contribution in [0.1, 0.15) is 10.5 Å². The number of benzene rings is 2. The Morgan fingerprint density at radius 3 is 2.56 bits per heavy atom. The molecule has 0 bridgehead atoms. The predicted octanol–water partition coefficient (Wildman–Crippen LogP) is 3.90. The molecule has 3 aromatic rings. The van der Waals surface area contributed by atoms with Crippen LogP contribution in [0.5, 0.6) is 5.75 Å². The first-order valence-corrected chi connectivity index (χ1v) is 7.66. The molecule has 0 saturated heterocycles. The van der Waals surface area contributed by atoms with Gasteiger partial charge in [0.05, 0.1) is 18.5 Å². The van der Waals surface area contributed by atoms with Crippen molar-refractivity contribution in [3.05, 3.63) is 71.9 Å². The molecule has 1 amide bonds. The fraction of sp³-hybridized carbons (Fsp3) is 0.0556. The fourth-order valence-electron chi connectivity index (χ4n) is 2.24. The van der Waals surface area contributed by atoms with Gasteiger partial charge in [0.2, 0.25) is 0 Å². The molecule has 0 unspecified atom stereocenters. The number of ether oxygens (including phenoxy) is 1. The Morgan fingerprint density at radius 2 is 1.78 bits per heavy atom. The Balaban J connectivity index is 1.81. The van der Waals surface area contributed by atoms with Gasteiger partial charge in [-0.1, -0.05) is 12.1 Å². The van der Waals surface area contributed by atoms with E-state index >= 15 is 0 Å². The Bertz CT molecular complexity index is 998. The lowest BCUT2D eigenvalue weighted by Gasteiger charge is -2.11. The van der Waals surface area contributed by atoms with Gasteiger partial charge < -0.3 is 15.4 Å². The number of para-hydroxylation sites is 2. The molecule has 0 aliphatic heterocycles. The number of hydrogen-bond acceptors (Lipinski definition) is 5. The molecule has 0 fully saturated rings. The van der Waals surface area contributed by atoms with Crippen LogP contribution in [0.15, 0.2) is 48.8 Å². The van der Waals surface area contributed by atoms with Gasteiger partial charge in [-0.05, 0) is 24.3 Å². The summed E-state index contributed by atoms with van der Waals surface area (Å²) >= 11 is 0. The van der Waals surface area contributed by atoms with Crippen molar-refractivity contribution in [2.75, 3.05) is 17.7 Å². The van der Waals surface area contributed by atoms with Crippen molar-refractivity contribution in [1.29, 1.82) is 0 Å². The average Bonchev–Trinajstić information content (AvgIpc) is 2.69. The van der Waals surface area contributed by atoms with Crippen LogP contribution in [0.3, 0.4) is 0 Å². The SMILES string of the molecule is COc1ccccc1NC(=O)c1cc(Nc2ccc(F)c(F)c2F)ncn1. The summed E-state index contributed by atoms with van der Waals surface area (Å²) in [5.41, 5.74) is 0.0786. The van der Waals surface area contributed by atoms with Gasteiger partial charge in [0.25, 0.3) is 5.91 Å². The molecule has 27 heavy (non-hydrogen) atoms. The molecule has 0 saturated carbocycles. The maximum absolute atomic E-state index is 13.8. The van der Waals surface area contributed by atoms with Gasteiger partial charge in [-0.15, -0.1) is 0 Å². The Kier molecular flexibility index (Phi) is 5.20. The number of anilines is 3. The van der Waals surface area contributed by atoms with Crippen LogP contribution in [-0.4, -0.2) is 23.0 Å². The smallest absolute Gasteiger partial charge is 0.274 e. The van der Waals surface area contributed by atoms with E-state index in [4.69, 9.17) is 4.74 Å². The zero-order valence-corrected chi connectivity index (χ0v) is 14.0. The van der Waals surface area contributed by atoms with Gasteiger partial charge in [0.1, 0.15) is 23.6 Å². The molecule has 0 aliphatic carbocycles. The summed E-state index contributed by atoms with van der Waals surface area (Å²) in [5.74, 6) is -4.38. The number of aromatic nitrogens is 2. The van der Waals surface area contributed by atoms with Crippen LogP contribution in [0, 0.1) is 17.5 Å². The summed E-state index contributed by atoms with van der Waals surface area (Å²) in [6.07, 6.45) is 1.08. The van der Waals surface area contributed by atoms with Crippen LogP contribution >= 0.6 is 0 Å². The number of methoxy groups -OCH3 is 1. The first-order chi connectivity index (χ1) is 13.0. The minimum absolute atomic E-state index is 0.0265. The van der Waals surface area contributed by atoms with Crippen LogP contribution in [0.25, 0.3) is 0 Å². The van der Waals surface area contributed by atoms with Crippen molar-refractivity contribution >= 4 is 23.1 Å². The molecule has 0 spiro atoms. The van der Waals surface area contributed by atoms with Crippen LogP contribution in [-0.2, 0) is 0 Å². The normalized spacial score (nSPS) is 10.4. The first-order valence-electron chi connectivity index (χ1n) is 7.66. The quantitative estimate of drug-likeness (QED) is 0.663. The van der Waals surface area contributed by atoms with E-state index in [1.807, 2.05) is 0 Å². The van der Waals surface area contributed by atoms with Crippen molar-refractivity contribution in [2.45, 2.75) is 0 Å². The molecule has 1 heterocycles. The highest BCUT2D eigenvalue weighted by atomic mass is 19.2. The van der Waals surface area contributed by atoms with Crippen molar-refractivity contribution < 1.29 is 22.7 Å². The van der Waals surface area contributed by atoms with E-state index in [1.54, 1.807) is 24.3 Å². The molecule has 0 atom stereocenters. The van der Waals surface area contributed by atoms with Crippen molar-refractivity contribution in [3.63, 3.8) is 0 Å². The van der Waals surface area contributed by atoms with E-state index in [2.05, 4.69) is 20.6 Å². The van der Waals surface area contributed by atoms with Crippen molar-refractivity contribution in [1.82, 2.24) is 9.97 Å². The number of hydrogen-bond donors (Lipinski definition) is 2. The third-order valence-corrected chi connectivity index (χ3v) is 3.55. The Labute approximate surface area is 152 Å². The second-order valence-electron chi connectivity index (χ2n) is 5.29. The maximum atomic E-state index is 13.8. The summed E-state index contributed by atoms with van der Waals surface area (Å²) in [7, 11) is 1.47. The third kappa shape index (κ3) is 3.97. The molecular formula is C18H13F3N4O2. The largest absolute Gasteiger partial charge is 0.495 e. The Morgan fingerprint density at radius 1 is 1.00 bits per heavy atom. The fourth-order valence-corrected chi connectivity index (χ4v) is 2.24. The minimum Gasteiger partial charge on any atom is -0.495 e.